The Bertz CT molecular complexity index is 797. The van der Waals surface area contributed by atoms with Gasteiger partial charge in [0.25, 0.3) is 0 Å². The van der Waals surface area contributed by atoms with Gasteiger partial charge in [0.15, 0.2) is 0 Å². The van der Waals surface area contributed by atoms with Crippen molar-refractivity contribution >= 4 is 33.3 Å². The number of halogens is 1. The summed E-state index contributed by atoms with van der Waals surface area (Å²) in [7, 11) is -3.66. The third kappa shape index (κ3) is 4.84. The predicted molar refractivity (Wildman–Crippen MR) is 83.8 cm³/mol. The maximum Gasteiger partial charge on any atom is 0.305 e. The first-order valence-electron chi connectivity index (χ1n) is 6.34. The Morgan fingerprint density at radius 3 is 2.52 bits per heavy atom. The van der Waals surface area contributed by atoms with E-state index in [9.17, 15) is 18.5 Å². The minimum Gasteiger partial charge on any atom is -0.353 e. The monoisotopic (exact) mass is 357 g/mol. The summed E-state index contributed by atoms with van der Waals surface area (Å²) >= 11 is 5.76. The van der Waals surface area contributed by atoms with Gasteiger partial charge in [0.05, 0.1) is 9.82 Å². The molecule has 1 aromatic heterocycles. The lowest BCUT2D eigenvalue weighted by atomic mass is 10.4. The zero-order valence-corrected chi connectivity index (χ0v) is 13.2. The van der Waals surface area contributed by atoms with Crippen LogP contribution in [0.2, 0.25) is 5.02 Å². The molecule has 0 saturated carbocycles. The van der Waals surface area contributed by atoms with Crippen LogP contribution in [0, 0.1) is 10.1 Å². The van der Waals surface area contributed by atoms with Gasteiger partial charge in [0.1, 0.15) is 12.4 Å². The Labute approximate surface area is 136 Å². The van der Waals surface area contributed by atoms with E-state index in [1.165, 1.54) is 12.1 Å². The highest BCUT2D eigenvalue weighted by Crippen LogP contribution is 2.15. The minimum absolute atomic E-state index is 0.0663. The molecule has 0 spiro atoms. The maximum atomic E-state index is 12.0. The molecule has 11 heteroatoms. The molecule has 0 radical (unpaired) electrons. The van der Waals surface area contributed by atoms with Gasteiger partial charge >= 0.3 is 5.69 Å². The van der Waals surface area contributed by atoms with E-state index in [0.29, 0.717) is 5.02 Å². The zero-order chi connectivity index (χ0) is 16.9. The normalized spacial score (nSPS) is 11.2. The second-order valence-electron chi connectivity index (χ2n) is 4.30. The molecule has 2 aromatic rings. The predicted octanol–water partition coefficient (Wildman–Crippen LogP) is 1.43. The summed E-state index contributed by atoms with van der Waals surface area (Å²) in [5, 5.41) is 13.5. The number of nitro groups is 1. The Morgan fingerprint density at radius 2 is 1.91 bits per heavy atom. The molecule has 0 bridgehead atoms. The average Bonchev–Trinajstić information content (AvgIpc) is 2.52. The SMILES string of the molecule is O=[N+]([O-])c1cnc(NCCNS(=O)(=O)c2cccc(Cl)c2)nc1. The number of rotatable bonds is 7. The van der Waals surface area contributed by atoms with Gasteiger partial charge in [-0.2, -0.15) is 0 Å². The van der Waals surface area contributed by atoms with Gasteiger partial charge in [-0.1, -0.05) is 17.7 Å². The van der Waals surface area contributed by atoms with Gasteiger partial charge in [0, 0.05) is 18.1 Å². The van der Waals surface area contributed by atoms with E-state index >= 15 is 0 Å². The lowest BCUT2D eigenvalue weighted by molar-refractivity contribution is -0.385. The largest absolute Gasteiger partial charge is 0.353 e. The van der Waals surface area contributed by atoms with Crippen LogP contribution in [0.15, 0.2) is 41.6 Å². The Balaban J connectivity index is 1.86. The van der Waals surface area contributed by atoms with Gasteiger partial charge in [-0.05, 0) is 18.2 Å². The van der Waals surface area contributed by atoms with Crippen LogP contribution in [0.3, 0.4) is 0 Å². The Hall–Kier alpha value is -2.30. The molecule has 0 atom stereocenters. The standard InChI is InChI=1S/C12H12ClN5O4S/c13-9-2-1-3-11(6-9)23(21,22)17-5-4-14-12-15-7-10(8-16-12)18(19)20/h1-3,6-8,17H,4-5H2,(H,14,15,16). The first-order valence-corrected chi connectivity index (χ1v) is 8.20. The summed E-state index contributed by atoms with van der Waals surface area (Å²) in [5.74, 6) is 0.164. The molecule has 0 aliphatic carbocycles. The van der Waals surface area contributed by atoms with Crippen LogP contribution < -0.4 is 10.0 Å². The maximum absolute atomic E-state index is 12.0. The highest BCUT2D eigenvalue weighted by Gasteiger charge is 2.13. The van der Waals surface area contributed by atoms with Gasteiger partial charge in [0.2, 0.25) is 16.0 Å². The molecular weight excluding hydrogens is 346 g/mol. The second kappa shape index (κ2) is 7.31. The van der Waals surface area contributed by atoms with Crippen molar-refractivity contribution in [3.05, 3.63) is 51.8 Å². The van der Waals surface area contributed by atoms with Gasteiger partial charge in [-0.3, -0.25) is 10.1 Å². The molecule has 1 aromatic carbocycles. The number of aromatic nitrogens is 2. The number of sulfonamides is 1. The van der Waals surface area contributed by atoms with Crippen LogP contribution in [-0.4, -0.2) is 36.4 Å². The van der Waals surface area contributed by atoms with E-state index in [4.69, 9.17) is 11.6 Å². The number of hydrogen-bond acceptors (Lipinski definition) is 7. The highest BCUT2D eigenvalue weighted by atomic mass is 35.5. The summed E-state index contributed by atoms with van der Waals surface area (Å²) < 4.78 is 26.4. The fraction of sp³-hybridized carbons (Fsp3) is 0.167. The van der Waals surface area contributed by atoms with Crippen molar-refractivity contribution in [3.8, 4) is 0 Å². The average molecular weight is 358 g/mol. The number of anilines is 1. The Morgan fingerprint density at radius 1 is 1.22 bits per heavy atom. The van der Waals surface area contributed by atoms with Crippen LogP contribution >= 0.6 is 11.6 Å². The molecule has 122 valence electrons. The van der Waals surface area contributed by atoms with Crippen molar-refractivity contribution in [2.24, 2.45) is 0 Å². The number of nitrogens with one attached hydrogen (secondary N) is 2. The van der Waals surface area contributed by atoms with Gasteiger partial charge in [-0.25, -0.2) is 23.1 Å². The van der Waals surface area contributed by atoms with E-state index in [0.717, 1.165) is 12.4 Å². The van der Waals surface area contributed by atoms with Gasteiger partial charge in [-0.15, -0.1) is 0 Å². The van der Waals surface area contributed by atoms with Crippen LogP contribution in [0.4, 0.5) is 11.6 Å². The third-order valence-corrected chi connectivity index (χ3v) is 4.35. The number of hydrogen-bond donors (Lipinski definition) is 2. The van der Waals surface area contributed by atoms with Crippen molar-refractivity contribution in [1.29, 1.82) is 0 Å². The van der Waals surface area contributed by atoms with E-state index in [1.807, 2.05) is 0 Å². The minimum atomic E-state index is -3.66. The molecule has 23 heavy (non-hydrogen) atoms. The molecule has 0 amide bonds. The van der Waals surface area contributed by atoms with E-state index in [1.54, 1.807) is 12.1 Å². The zero-order valence-electron chi connectivity index (χ0n) is 11.6. The molecule has 2 N–H and O–H groups in total. The summed E-state index contributed by atoms with van der Waals surface area (Å²) in [5.41, 5.74) is -0.225. The second-order valence-corrected chi connectivity index (χ2v) is 6.51. The van der Waals surface area contributed by atoms with Crippen LogP contribution in [-0.2, 0) is 10.0 Å². The fourth-order valence-electron chi connectivity index (χ4n) is 1.58. The molecule has 0 aliphatic heterocycles. The van der Waals surface area contributed by atoms with E-state index in [-0.39, 0.29) is 29.6 Å². The molecule has 1 heterocycles. The molecule has 0 fully saturated rings. The van der Waals surface area contributed by atoms with E-state index < -0.39 is 14.9 Å². The smallest absolute Gasteiger partial charge is 0.305 e. The Kier molecular flexibility index (Phi) is 5.42. The molecule has 9 nitrogen and oxygen atoms in total. The van der Waals surface area contributed by atoms with Crippen molar-refractivity contribution in [2.75, 3.05) is 18.4 Å². The van der Waals surface area contributed by atoms with E-state index in [2.05, 4.69) is 20.0 Å². The first-order chi connectivity index (χ1) is 10.9. The van der Waals surface area contributed by atoms with Crippen molar-refractivity contribution < 1.29 is 13.3 Å². The molecule has 0 aliphatic rings. The molecule has 0 saturated heterocycles. The van der Waals surface area contributed by atoms with Crippen molar-refractivity contribution in [1.82, 2.24) is 14.7 Å². The fourth-order valence-corrected chi connectivity index (χ4v) is 2.92. The topological polar surface area (TPSA) is 127 Å². The summed E-state index contributed by atoms with van der Waals surface area (Å²) in [6.07, 6.45) is 2.12. The van der Waals surface area contributed by atoms with Crippen molar-refractivity contribution in [2.45, 2.75) is 4.90 Å². The van der Waals surface area contributed by atoms with Crippen LogP contribution in [0.1, 0.15) is 0 Å². The highest BCUT2D eigenvalue weighted by molar-refractivity contribution is 7.89. The first kappa shape index (κ1) is 17.1. The quantitative estimate of drug-likeness (QED) is 0.436. The molecule has 2 rings (SSSR count). The number of benzene rings is 1. The third-order valence-electron chi connectivity index (χ3n) is 2.66. The summed E-state index contributed by atoms with van der Waals surface area (Å²) in [6, 6.07) is 5.89. The molecular formula is C12H12ClN5O4S. The van der Waals surface area contributed by atoms with Crippen molar-refractivity contribution in [3.63, 3.8) is 0 Å². The van der Waals surface area contributed by atoms with Crippen LogP contribution in [0.25, 0.3) is 0 Å². The lowest BCUT2D eigenvalue weighted by Crippen LogP contribution is -2.29. The van der Waals surface area contributed by atoms with Crippen LogP contribution in [0.5, 0.6) is 0 Å². The number of nitrogens with zero attached hydrogens (tertiary/aromatic N) is 3. The summed E-state index contributed by atoms with van der Waals surface area (Å²) in [4.78, 5) is 17.4. The van der Waals surface area contributed by atoms with Gasteiger partial charge < -0.3 is 5.32 Å². The molecule has 0 unspecified atom stereocenters. The lowest BCUT2D eigenvalue weighted by Gasteiger charge is -2.08. The summed E-state index contributed by atoms with van der Waals surface area (Å²) in [6.45, 7) is 0.285.